The zero-order valence-corrected chi connectivity index (χ0v) is 20.8. The van der Waals surface area contributed by atoms with Crippen LogP contribution in [0.2, 0.25) is 0 Å². The predicted octanol–water partition coefficient (Wildman–Crippen LogP) is 7.04. The zero-order chi connectivity index (χ0) is 25.3. The molecule has 2 aliphatic rings. The minimum atomic E-state index is 0.156. The lowest BCUT2D eigenvalue weighted by molar-refractivity contribution is 1.08. The Balaban J connectivity index is 1.19. The predicted molar refractivity (Wildman–Crippen MR) is 155 cm³/mol. The van der Waals surface area contributed by atoms with Gasteiger partial charge in [0.25, 0.3) is 0 Å². The highest BCUT2D eigenvalue weighted by Crippen LogP contribution is 2.41. The van der Waals surface area contributed by atoms with Gasteiger partial charge in [0.1, 0.15) is 0 Å². The Morgan fingerprint density at radius 1 is 0.579 bits per heavy atom. The van der Waals surface area contributed by atoms with E-state index in [0.29, 0.717) is 0 Å². The molecule has 1 aliphatic heterocycles. The lowest BCUT2D eigenvalue weighted by atomic mass is 9.82. The Kier molecular flexibility index (Phi) is 5.52. The van der Waals surface area contributed by atoms with Crippen LogP contribution in [0.4, 0.5) is 11.4 Å². The van der Waals surface area contributed by atoms with E-state index >= 15 is 0 Å². The molecule has 0 saturated heterocycles. The maximum atomic E-state index is 5.00. The first-order valence-electron chi connectivity index (χ1n) is 12.9. The van der Waals surface area contributed by atoms with Crippen molar-refractivity contribution >= 4 is 22.5 Å². The summed E-state index contributed by atoms with van der Waals surface area (Å²) in [6, 6.07) is 42.3. The van der Waals surface area contributed by atoms with E-state index < -0.39 is 0 Å². The van der Waals surface area contributed by atoms with Gasteiger partial charge in [-0.15, -0.1) is 0 Å². The molecule has 5 aromatic rings. The highest BCUT2D eigenvalue weighted by Gasteiger charge is 2.28. The monoisotopic (exact) mass is 487 g/mol. The zero-order valence-electron chi connectivity index (χ0n) is 20.8. The number of nitrogens with zero attached hydrogens (tertiary/aromatic N) is 2. The Hall–Kier alpha value is -5.02. The van der Waals surface area contributed by atoms with E-state index in [1.165, 1.54) is 22.3 Å². The van der Waals surface area contributed by atoms with Gasteiger partial charge >= 0.3 is 0 Å². The minimum Gasteiger partial charge on any atom is -0.356 e. The van der Waals surface area contributed by atoms with Crippen molar-refractivity contribution in [2.45, 2.75) is 5.92 Å². The van der Waals surface area contributed by atoms with Gasteiger partial charge in [-0.05, 0) is 58.7 Å². The van der Waals surface area contributed by atoms with E-state index in [0.717, 1.165) is 38.9 Å². The molecule has 0 radical (unpaired) electrons. The summed E-state index contributed by atoms with van der Waals surface area (Å²) in [4.78, 5) is 9.56. The van der Waals surface area contributed by atoms with E-state index in [1.54, 1.807) is 0 Å². The molecule has 0 fully saturated rings. The molecule has 0 bridgehead atoms. The van der Waals surface area contributed by atoms with Crippen molar-refractivity contribution in [2.75, 3.05) is 5.32 Å². The molecule has 38 heavy (non-hydrogen) atoms. The third-order valence-electron chi connectivity index (χ3n) is 7.21. The van der Waals surface area contributed by atoms with E-state index in [9.17, 15) is 0 Å². The molecule has 0 spiro atoms. The summed E-state index contributed by atoms with van der Waals surface area (Å²) in [6.07, 6.45) is 6.33. The second-order valence-electron chi connectivity index (χ2n) is 9.56. The number of pyridine rings is 1. The fourth-order valence-electron chi connectivity index (χ4n) is 5.33. The second-order valence-corrected chi connectivity index (χ2v) is 9.56. The van der Waals surface area contributed by atoms with Crippen LogP contribution in [-0.2, 0) is 0 Å². The molecule has 0 saturated carbocycles. The van der Waals surface area contributed by atoms with Crippen molar-refractivity contribution in [1.29, 1.82) is 0 Å². The number of hydrogen-bond donors (Lipinski definition) is 1. The molecule has 1 aliphatic carbocycles. The topological polar surface area (TPSA) is 37.3 Å². The standard InChI is InChI=1S/C35H25N3/c1-3-8-24(9-4-1)25-13-17-28(18-14-25)37-29-19-15-27(16-20-29)31-22-21-30(26-10-5-2-6-11-26)33-32-12-7-23-36-35(32)38-34(31)33/h1-23,30,37H. The van der Waals surface area contributed by atoms with Crippen LogP contribution in [0.15, 0.2) is 150 Å². The van der Waals surface area contributed by atoms with Gasteiger partial charge in [0.05, 0.1) is 5.70 Å². The molecule has 180 valence electrons. The molecule has 2 heterocycles. The number of allylic oxidation sites excluding steroid dienone is 4. The summed E-state index contributed by atoms with van der Waals surface area (Å²) >= 11 is 0. The van der Waals surface area contributed by atoms with Crippen LogP contribution in [0.3, 0.4) is 0 Å². The number of rotatable bonds is 5. The number of hydrogen-bond acceptors (Lipinski definition) is 3. The second kappa shape index (κ2) is 9.45. The highest BCUT2D eigenvalue weighted by molar-refractivity contribution is 5.93. The van der Waals surface area contributed by atoms with Gasteiger partial charge in [-0.1, -0.05) is 97.1 Å². The van der Waals surface area contributed by atoms with Crippen LogP contribution in [0.1, 0.15) is 17.0 Å². The van der Waals surface area contributed by atoms with Gasteiger partial charge in [-0.2, -0.15) is 0 Å². The lowest BCUT2D eigenvalue weighted by Crippen LogP contribution is -2.27. The average Bonchev–Trinajstić information content (AvgIpc) is 3.38. The first-order chi connectivity index (χ1) is 18.8. The van der Waals surface area contributed by atoms with Gasteiger partial charge in [-0.3, -0.25) is 0 Å². The van der Waals surface area contributed by atoms with Crippen molar-refractivity contribution in [2.24, 2.45) is 4.99 Å². The summed E-state index contributed by atoms with van der Waals surface area (Å²) in [5.74, 6) is 0.156. The maximum Gasteiger partial charge on any atom is 0.160 e. The summed E-state index contributed by atoms with van der Waals surface area (Å²) in [6.45, 7) is 0. The van der Waals surface area contributed by atoms with Gasteiger partial charge in [0.2, 0.25) is 0 Å². The smallest absolute Gasteiger partial charge is 0.160 e. The number of nitrogens with one attached hydrogen (secondary N) is 1. The first-order valence-corrected chi connectivity index (χ1v) is 12.9. The van der Waals surface area contributed by atoms with Crippen molar-refractivity contribution in [3.05, 3.63) is 167 Å². The van der Waals surface area contributed by atoms with Gasteiger partial charge in [0.15, 0.2) is 5.49 Å². The fraction of sp³-hybridized carbons (Fsp3) is 0.0286. The van der Waals surface area contributed by atoms with Crippen LogP contribution >= 0.6 is 0 Å². The maximum absolute atomic E-state index is 5.00. The normalized spacial score (nSPS) is 15.6. The highest BCUT2D eigenvalue weighted by atomic mass is 14.9. The molecule has 0 amide bonds. The Labute approximate surface area is 221 Å². The summed E-state index contributed by atoms with van der Waals surface area (Å²) in [5.41, 5.74) is 11.1. The van der Waals surface area contributed by atoms with Crippen molar-refractivity contribution in [3.8, 4) is 11.1 Å². The van der Waals surface area contributed by atoms with Crippen LogP contribution in [0, 0.1) is 0 Å². The Morgan fingerprint density at radius 3 is 1.92 bits per heavy atom. The number of fused-ring (bicyclic) bond motifs is 2. The molecule has 1 aromatic heterocycles. The Bertz CT molecular complexity index is 1800. The van der Waals surface area contributed by atoms with Gasteiger partial charge in [0, 0.05) is 39.9 Å². The average molecular weight is 488 g/mol. The van der Waals surface area contributed by atoms with Gasteiger partial charge < -0.3 is 5.32 Å². The summed E-state index contributed by atoms with van der Waals surface area (Å²) in [7, 11) is 0. The quantitative estimate of drug-likeness (QED) is 0.289. The fourth-order valence-corrected chi connectivity index (χ4v) is 5.33. The van der Waals surface area contributed by atoms with Crippen molar-refractivity contribution < 1.29 is 0 Å². The molecule has 4 aromatic carbocycles. The summed E-state index contributed by atoms with van der Waals surface area (Å²) < 4.78 is 0. The first kappa shape index (κ1) is 22.2. The minimum absolute atomic E-state index is 0.156. The largest absolute Gasteiger partial charge is 0.356 e. The third-order valence-corrected chi connectivity index (χ3v) is 7.21. The van der Waals surface area contributed by atoms with E-state index in [-0.39, 0.29) is 5.92 Å². The molecule has 3 nitrogen and oxygen atoms in total. The molecule has 1 unspecified atom stereocenters. The molecule has 7 rings (SSSR count). The van der Waals surface area contributed by atoms with Crippen molar-refractivity contribution in [1.82, 2.24) is 4.98 Å². The van der Waals surface area contributed by atoms with Crippen LogP contribution in [-0.4, -0.2) is 4.98 Å². The van der Waals surface area contributed by atoms with Crippen molar-refractivity contribution in [3.63, 3.8) is 0 Å². The van der Waals surface area contributed by atoms with Crippen LogP contribution in [0.25, 0.3) is 22.3 Å². The van der Waals surface area contributed by atoms with Crippen LogP contribution < -0.4 is 16.0 Å². The number of benzene rings is 4. The molecule has 1 N–H and O–H groups in total. The molecule has 3 heteroatoms. The van der Waals surface area contributed by atoms with Gasteiger partial charge in [-0.25, -0.2) is 9.98 Å². The number of aromatic nitrogens is 1. The Morgan fingerprint density at radius 2 is 1.21 bits per heavy atom. The van der Waals surface area contributed by atoms with E-state index in [4.69, 9.17) is 4.99 Å². The third kappa shape index (κ3) is 4.04. The summed E-state index contributed by atoms with van der Waals surface area (Å²) in [5, 5.41) is 4.65. The molecular formula is C35H25N3. The number of anilines is 2. The SMILES string of the molecule is C1=CC(c2ccccc2)C2=c3cccnc3=NC2=C1c1ccc(Nc2ccc(-c3ccccc3)cc2)cc1. The van der Waals surface area contributed by atoms with E-state index in [1.807, 2.05) is 18.3 Å². The molecular weight excluding hydrogens is 462 g/mol. The lowest BCUT2D eigenvalue weighted by Gasteiger charge is -2.23. The van der Waals surface area contributed by atoms with E-state index in [2.05, 4.69) is 132 Å². The van der Waals surface area contributed by atoms with Crippen LogP contribution in [0.5, 0.6) is 0 Å². The molecule has 1 atom stereocenters.